The predicted octanol–water partition coefficient (Wildman–Crippen LogP) is 1.28. The van der Waals surface area contributed by atoms with Crippen LogP contribution in [0.2, 0.25) is 0 Å². The molecule has 1 N–H and O–H groups in total. The highest BCUT2D eigenvalue weighted by atomic mass is 16.4. The molecule has 0 saturated heterocycles. The molecule has 0 bridgehead atoms. The van der Waals surface area contributed by atoms with Crippen molar-refractivity contribution in [1.29, 1.82) is 0 Å². The van der Waals surface area contributed by atoms with Crippen molar-refractivity contribution >= 4 is 17.0 Å². The van der Waals surface area contributed by atoms with Gasteiger partial charge in [0.25, 0.3) is 0 Å². The number of aryl methyl sites for hydroxylation is 3. The largest absolute Gasteiger partial charge is 0.477 e. The van der Waals surface area contributed by atoms with E-state index in [1.807, 2.05) is 13.8 Å². The summed E-state index contributed by atoms with van der Waals surface area (Å²) in [5.41, 5.74) is 2.44. The van der Waals surface area contributed by atoms with Gasteiger partial charge in [-0.05, 0) is 25.5 Å². The second kappa shape index (κ2) is 3.05. The fraction of sp³-hybridized carbons (Fsp3) is 0.300. The van der Waals surface area contributed by atoms with E-state index in [1.165, 1.54) is 0 Å². The number of aromatic carboxylic acids is 1. The Bertz CT molecular complexity index is 557. The molecule has 0 fully saturated rings. The number of pyridine rings is 1. The van der Waals surface area contributed by atoms with E-state index in [0.29, 0.717) is 5.65 Å². The molecule has 0 spiro atoms. The molecule has 0 unspecified atom stereocenters. The van der Waals surface area contributed by atoms with Crippen LogP contribution in [0.25, 0.3) is 11.0 Å². The number of rotatable bonds is 1. The molecule has 0 aliphatic heterocycles. The van der Waals surface area contributed by atoms with Crippen molar-refractivity contribution in [3.63, 3.8) is 0 Å². The molecule has 78 valence electrons. The normalized spacial score (nSPS) is 10.9. The number of hydrogen-bond donors (Lipinski definition) is 1. The molecule has 5 heteroatoms. The Morgan fingerprint density at radius 3 is 2.73 bits per heavy atom. The maximum absolute atomic E-state index is 10.8. The van der Waals surface area contributed by atoms with E-state index in [9.17, 15) is 4.79 Å². The van der Waals surface area contributed by atoms with Crippen LogP contribution < -0.4 is 0 Å². The van der Waals surface area contributed by atoms with Gasteiger partial charge in [-0.15, -0.1) is 0 Å². The van der Waals surface area contributed by atoms with E-state index in [2.05, 4.69) is 10.1 Å². The summed E-state index contributed by atoms with van der Waals surface area (Å²) < 4.78 is 1.60. The first kappa shape index (κ1) is 9.64. The number of hydrogen-bond acceptors (Lipinski definition) is 3. The average molecular weight is 205 g/mol. The quantitative estimate of drug-likeness (QED) is 0.761. The Morgan fingerprint density at radius 2 is 2.13 bits per heavy atom. The van der Waals surface area contributed by atoms with Crippen LogP contribution in [0.4, 0.5) is 0 Å². The van der Waals surface area contributed by atoms with Gasteiger partial charge in [-0.1, -0.05) is 0 Å². The molecule has 2 aromatic heterocycles. The van der Waals surface area contributed by atoms with Gasteiger partial charge in [-0.2, -0.15) is 5.10 Å². The number of nitrogens with zero attached hydrogens (tertiary/aromatic N) is 3. The highest BCUT2D eigenvalue weighted by Crippen LogP contribution is 2.20. The van der Waals surface area contributed by atoms with Gasteiger partial charge in [0.2, 0.25) is 0 Å². The Kier molecular flexibility index (Phi) is 1.96. The maximum Gasteiger partial charge on any atom is 0.354 e. The predicted molar refractivity (Wildman–Crippen MR) is 54.9 cm³/mol. The summed E-state index contributed by atoms with van der Waals surface area (Å²) in [5.74, 6) is -1.01. The summed E-state index contributed by atoms with van der Waals surface area (Å²) in [7, 11) is 1.76. The van der Waals surface area contributed by atoms with Crippen molar-refractivity contribution in [1.82, 2.24) is 14.8 Å². The van der Waals surface area contributed by atoms with E-state index in [0.717, 1.165) is 16.6 Å². The topological polar surface area (TPSA) is 68.0 Å². The molecule has 2 heterocycles. The first-order valence-corrected chi connectivity index (χ1v) is 4.55. The van der Waals surface area contributed by atoms with Crippen molar-refractivity contribution < 1.29 is 9.90 Å². The van der Waals surface area contributed by atoms with Gasteiger partial charge in [0.05, 0.1) is 5.69 Å². The van der Waals surface area contributed by atoms with Crippen LogP contribution >= 0.6 is 0 Å². The van der Waals surface area contributed by atoms with E-state index >= 15 is 0 Å². The second-order valence-electron chi connectivity index (χ2n) is 3.54. The summed E-state index contributed by atoms with van der Waals surface area (Å²) in [6.45, 7) is 3.75. The van der Waals surface area contributed by atoms with E-state index in [-0.39, 0.29) is 5.69 Å². The zero-order chi connectivity index (χ0) is 11.2. The minimum Gasteiger partial charge on any atom is -0.477 e. The lowest BCUT2D eigenvalue weighted by Crippen LogP contribution is -2.03. The number of carboxylic acid groups (broad SMARTS) is 1. The highest BCUT2D eigenvalue weighted by Gasteiger charge is 2.13. The number of carbonyl (C=O) groups is 1. The van der Waals surface area contributed by atoms with Gasteiger partial charge in [0, 0.05) is 12.4 Å². The number of aromatic nitrogens is 3. The summed E-state index contributed by atoms with van der Waals surface area (Å²) in [4.78, 5) is 14.9. The Balaban J connectivity index is 2.87. The van der Waals surface area contributed by atoms with Crippen molar-refractivity contribution in [2.24, 2.45) is 7.05 Å². The van der Waals surface area contributed by atoms with Crippen LogP contribution in [0.1, 0.15) is 21.7 Å². The number of carboxylic acids is 1. The van der Waals surface area contributed by atoms with Crippen molar-refractivity contribution in [2.75, 3.05) is 0 Å². The van der Waals surface area contributed by atoms with Gasteiger partial charge in [-0.25, -0.2) is 9.78 Å². The van der Waals surface area contributed by atoms with Crippen LogP contribution in [0.5, 0.6) is 0 Å². The van der Waals surface area contributed by atoms with Gasteiger partial charge < -0.3 is 5.11 Å². The summed E-state index contributed by atoms with van der Waals surface area (Å²) in [6, 6.07) is 1.57. The van der Waals surface area contributed by atoms with E-state index < -0.39 is 5.97 Å². The highest BCUT2D eigenvalue weighted by molar-refractivity contribution is 5.91. The van der Waals surface area contributed by atoms with Crippen LogP contribution in [0, 0.1) is 13.8 Å². The van der Waals surface area contributed by atoms with Crippen LogP contribution in [0.3, 0.4) is 0 Å². The third kappa shape index (κ3) is 1.36. The molecule has 0 aliphatic rings. The zero-order valence-corrected chi connectivity index (χ0v) is 8.77. The van der Waals surface area contributed by atoms with Gasteiger partial charge >= 0.3 is 5.97 Å². The lowest BCUT2D eigenvalue weighted by molar-refractivity contribution is 0.0690. The summed E-state index contributed by atoms with van der Waals surface area (Å²) >= 11 is 0. The van der Waals surface area contributed by atoms with E-state index in [1.54, 1.807) is 17.8 Å². The maximum atomic E-state index is 10.8. The minimum atomic E-state index is -1.01. The molecular formula is C10H11N3O2. The molecule has 0 radical (unpaired) electrons. The lowest BCUT2D eigenvalue weighted by Gasteiger charge is -2.00. The smallest absolute Gasteiger partial charge is 0.354 e. The Labute approximate surface area is 86.4 Å². The molecule has 15 heavy (non-hydrogen) atoms. The fourth-order valence-electron chi connectivity index (χ4n) is 1.77. The van der Waals surface area contributed by atoms with Crippen molar-refractivity contribution in [3.8, 4) is 0 Å². The molecule has 0 atom stereocenters. The zero-order valence-electron chi connectivity index (χ0n) is 8.77. The Hall–Kier alpha value is -1.91. The standard InChI is InChI=1S/C10H11N3O2/c1-5-4-7(10(14)15)11-9-8(5)6(2)12-13(9)3/h4H,1-3H3,(H,14,15). The van der Waals surface area contributed by atoms with Crippen LogP contribution in [0.15, 0.2) is 6.07 Å². The first-order chi connectivity index (χ1) is 7.00. The van der Waals surface area contributed by atoms with E-state index in [4.69, 9.17) is 5.11 Å². The molecule has 0 amide bonds. The molecule has 0 aromatic carbocycles. The molecule has 0 aliphatic carbocycles. The monoisotopic (exact) mass is 205 g/mol. The third-order valence-electron chi connectivity index (χ3n) is 2.38. The third-order valence-corrected chi connectivity index (χ3v) is 2.38. The SMILES string of the molecule is Cc1cc(C(=O)O)nc2c1c(C)nn2C. The summed E-state index contributed by atoms with van der Waals surface area (Å²) in [6.07, 6.45) is 0. The Morgan fingerprint density at radius 1 is 1.47 bits per heavy atom. The lowest BCUT2D eigenvalue weighted by atomic mass is 10.1. The molecule has 0 saturated carbocycles. The fourth-order valence-corrected chi connectivity index (χ4v) is 1.77. The van der Waals surface area contributed by atoms with Gasteiger partial charge in [0.1, 0.15) is 0 Å². The molecule has 5 nitrogen and oxygen atoms in total. The first-order valence-electron chi connectivity index (χ1n) is 4.55. The minimum absolute atomic E-state index is 0.0583. The number of fused-ring (bicyclic) bond motifs is 1. The molecule has 2 rings (SSSR count). The van der Waals surface area contributed by atoms with Crippen molar-refractivity contribution in [3.05, 3.63) is 23.0 Å². The van der Waals surface area contributed by atoms with Crippen LogP contribution in [-0.2, 0) is 7.05 Å². The van der Waals surface area contributed by atoms with Gasteiger partial charge in [0.15, 0.2) is 11.3 Å². The van der Waals surface area contributed by atoms with Crippen molar-refractivity contribution in [2.45, 2.75) is 13.8 Å². The molecular weight excluding hydrogens is 194 g/mol. The second-order valence-corrected chi connectivity index (χ2v) is 3.54. The van der Waals surface area contributed by atoms with Gasteiger partial charge in [-0.3, -0.25) is 4.68 Å². The summed E-state index contributed by atoms with van der Waals surface area (Å²) in [5, 5.41) is 14.0. The average Bonchev–Trinajstić information content (AvgIpc) is 2.42. The molecule has 2 aromatic rings. The van der Waals surface area contributed by atoms with Crippen LogP contribution in [-0.4, -0.2) is 25.8 Å².